The van der Waals surface area contributed by atoms with Crippen LogP contribution in [0.1, 0.15) is 35.5 Å². The normalized spacial score (nSPS) is 12.6. The molecule has 0 saturated heterocycles. The van der Waals surface area contributed by atoms with E-state index in [9.17, 15) is 10.1 Å². The highest BCUT2D eigenvalue weighted by atomic mass is 16.5. The summed E-state index contributed by atoms with van der Waals surface area (Å²) in [5, 5.41) is 12.1. The molecular weight excluding hydrogens is 398 g/mol. The molecule has 0 aliphatic rings. The van der Waals surface area contributed by atoms with Gasteiger partial charge in [0.15, 0.2) is 0 Å². The van der Waals surface area contributed by atoms with Crippen LogP contribution in [0.15, 0.2) is 54.1 Å². The molecule has 2 aromatic carbocycles. The molecule has 5 nitrogen and oxygen atoms in total. The topological polar surface area (TPSA) is 58.3 Å². The molecule has 166 valence electrons. The van der Waals surface area contributed by atoms with Crippen LogP contribution in [0, 0.1) is 25.2 Å². The number of methoxy groups -OCH3 is 1. The molecule has 3 aromatic rings. The van der Waals surface area contributed by atoms with E-state index in [0.29, 0.717) is 13.2 Å². The van der Waals surface area contributed by atoms with E-state index in [-0.39, 0.29) is 17.5 Å². The molecule has 0 aliphatic heterocycles. The third-order valence-corrected chi connectivity index (χ3v) is 5.97. The van der Waals surface area contributed by atoms with Gasteiger partial charge < -0.3 is 14.2 Å². The zero-order valence-electron chi connectivity index (χ0n) is 19.6. The molecule has 5 heteroatoms. The molecule has 0 N–H and O–H groups in total. The number of rotatable bonds is 8. The van der Waals surface area contributed by atoms with E-state index in [0.717, 1.165) is 23.4 Å². The Bertz CT molecular complexity index is 1180. The van der Waals surface area contributed by atoms with Gasteiger partial charge in [0.25, 0.3) is 5.91 Å². The van der Waals surface area contributed by atoms with Gasteiger partial charge >= 0.3 is 0 Å². The molecule has 0 aliphatic carbocycles. The molecule has 1 unspecified atom stereocenters. The quantitative estimate of drug-likeness (QED) is 0.371. The summed E-state index contributed by atoms with van der Waals surface area (Å²) in [7, 11) is 3.44. The number of nitrogens with zero attached hydrogens (tertiary/aromatic N) is 3. The van der Waals surface area contributed by atoms with Gasteiger partial charge in [0.05, 0.1) is 12.6 Å². The smallest absolute Gasteiger partial charge is 0.264 e. The van der Waals surface area contributed by atoms with Crippen molar-refractivity contribution in [1.82, 2.24) is 9.47 Å². The van der Waals surface area contributed by atoms with Crippen molar-refractivity contribution in [2.75, 3.05) is 27.3 Å². The highest BCUT2D eigenvalue weighted by molar-refractivity contribution is 6.01. The molecule has 3 rings (SSSR count). The average molecular weight is 430 g/mol. The molecule has 0 radical (unpaired) electrons. The Labute approximate surface area is 190 Å². The Morgan fingerprint density at radius 1 is 1.22 bits per heavy atom. The maximum Gasteiger partial charge on any atom is 0.264 e. The van der Waals surface area contributed by atoms with Crippen LogP contribution in [0.5, 0.6) is 0 Å². The van der Waals surface area contributed by atoms with Gasteiger partial charge in [-0.25, -0.2) is 0 Å². The van der Waals surface area contributed by atoms with Crippen molar-refractivity contribution in [2.45, 2.75) is 33.2 Å². The number of nitriles is 1. The van der Waals surface area contributed by atoms with Crippen LogP contribution >= 0.6 is 0 Å². The Hall–Kier alpha value is -3.36. The van der Waals surface area contributed by atoms with E-state index in [4.69, 9.17) is 4.74 Å². The third kappa shape index (κ3) is 4.92. The molecule has 1 atom stereocenters. The monoisotopic (exact) mass is 429 g/mol. The van der Waals surface area contributed by atoms with Gasteiger partial charge in [-0.2, -0.15) is 5.26 Å². The van der Waals surface area contributed by atoms with Crippen LogP contribution in [0.4, 0.5) is 0 Å². The Morgan fingerprint density at radius 3 is 2.66 bits per heavy atom. The summed E-state index contributed by atoms with van der Waals surface area (Å²) in [4.78, 5) is 14.6. The van der Waals surface area contributed by atoms with Gasteiger partial charge in [-0.15, -0.1) is 0 Å². The number of amides is 1. The van der Waals surface area contributed by atoms with Crippen molar-refractivity contribution in [1.29, 1.82) is 5.26 Å². The number of fused-ring (bicyclic) bond motifs is 1. The fourth-order valence-corrected chi connectivity index (χ4v) is 4.35. The molecule has 0 saturated carbocycles. The Kier molecular flexibility index (Phi) is 7.50. The Morgan fingerprint density at radius 2 is 1.94 bits per heavy atom. The van der Waals surface area contributed by atoms with Crippen molar-refractivity contribution >= 4 is 22.8 Å². The van der Waals surface area contributed by atoms with Gasteiger partial charge in [0, 0.05) is 32.1 Å². The largest absolute Gasteiger partial charge is 0.383 e. The van der Waals surface area contributed by atoms with Gasteiger partial charge in [-0.1, -0.05) is 42.5 Å². The number of aromatic nitrogens is 1. The van der Waals surface area contributed by atoms with E-state index >= 15 is 0 Å². The molecular formula is C27H31N3O2. The van der Waals surface area contributed by atoms with Crippen LogP contribution < -0.4 is 0 Å². The fourth-order valence-electron chi connectivity index (χ4n) is 4.35. The van der Waals surface area contributed by atoms with E-state index in [2.05, 4.69) is 41.8 Å². The minimum Gasteiger partial charge on any atom is -0.383 e. The molecule has 32 heavy (non-hydrogen) atoms. The lowest BCUT2D eigenvalue weighted by atomic mass is 10.0. The van der Waals surface area contributed by atoms with E-state index < -0.39 is 0 Å². The van der Waals surface area contributed by atoms with Crippen LogP contribution in [-0.4, -0.2) is 42.7 Å². The maximum absolute atomic E-state index is 13.0. The maximum atomic E-state index is 13.0. The lowest BCUT2D eigenvalue weighted by molar-refractivity contribution is -0.125. The van der Waals surface area contributed by atoms with E-state index in [1.807, 2.05) is 38.1 Å². The minimum atomic E-state index is -0.262. The first-order chi connectivity index (χ1) is 15.4. The lowest BCUT2D eigenvalue weighted by Gasteiger charge is -2.18. The summed E-state index contributed by atoms with van der Waals surface area (Å²) in [6, 6.07) is 18.8. The predicted octanol–water partition coefficient (Wildman–Crippen LogP) is 5.07. The lowest BCUT2D eigenvalue weighted by Crippen LogP contribution is -2.29. The number of hydrogen-bond donors (Lipinski definition) is 0. The summed E-state index contributed by atoms with van der Waals surface area (Å²) in [5.74, 6) is -0.262. The molecule has 1 aromatic heterocycles. The molecule has 1 amide bonds. The summed E-state index contributed by atoms with van der Waals surface area (Å²) in [6.07, 6.45) is 2.43. The van der Waals surface area contributed by atoms with Crippen LogP contribution in [-0.2, 0) is 16.0 Å². The molecule has 0 spiro atoms. The molecule has 1 heterocycles. The zero-order chi connectivity index (χ0) is 23.3. The highest BCUT2D eigenvalue weighted by Crippen LogP contribution is 2.23. The van der Waals surface area contributed by atoms with Crippen LogP contribution in [0.3, 0.4) is 0 Å². The summed E-state index contributed by atoms with van der Waals surface area (Å²) in [6.45, 7) is 7.26. The number of aryl methyl sites for hydroxylation is 1. The first kappa shape index (κ1) is 23.3. The third-order valence-electron chi connectivity index (χ3n) is 5.97. The second kappa shape index (κ2) is 10.3. The molecule has 0 bridgehead atoms. The number of hydrogen-bond acceptors (Lipinski definition) is 3. The van der Waals surface area contributed by atoms with Crippen LogP contribution in [0.2, 0.25) is 0 Å². The van der Waals surface area contributed by atoms with Crippen molar-refractivity contribution in [2.24, 2.45) is 0 Å². The second-order valence-electron chi connectivity index (χ2n) is 8.29. The highest BCUT2D eigenvalue weighted by Gasteiger charge is 2.18. The zero-order valence-corrected chi connectivity index (χ0v) is 19.6. The summed E-state index contributed by atoms with van der Waals surface area (Å²) in [5.41, 5.74) is 4.32. The number of carbonyl (C=O) groups is 1. The predicted molar refractivity (Wildman–Crippen MR) is 129 cm³/mol. The van der Waals surface area contributed by atoms with E-state index in [1.54, 1.807) is 25.1 Å². The summed E-state index contributed by atoms with van der Waals surface area (Å²) < 4.78 is 7.47. The van der Waals surface area contributed by atoms with E-state index in [1.165, 1.54) is 16.3 Å². The van der Waals surface area contributed by atoms with Crippen molar-refractivity contribution < 1.29 is 9.53 Å². The SMILES string of the molecule is COCC(C)n1c(C)cc(/C=C(/C#N)C(=O)N(C)CCc2cccc3ccccc23)c1C. The van der Waals surface area contributed by atoms with Gasteiger partial charge in [-0.05, 0) is 61.2 Å². The van der Waals surface area contributed by atoms with Gasteiger partial charge in [-0.3, -0.25) is 4.79 Å². The van der Waals surface area contributed by atoms with Crippen LogP contribution in [0.25, 0.3) is 16.8 Å². The molecule has 0 fully saturated rings. The standard InChI is InChI=1S/C27H31N3O2/c1-19-15-24(21(3)30(19)20(2)18-32-5)16-25(17-28)27(31)29(4)14-13-23-11-8-10-22-9-6-7-12-26(22)23/h6-12,15-16,20H,13-14,18H2,1-5H3/b25-16-. The number of carbonyl (C=O) groups excluding carboxylic acids is 1. The second-order valence-corrected chi connectivity index (χ2v) is 8.29. The first-order valence-electron chi connectivity index (χ1n) is 10.9. The van der Waals surface area contributed by atoms with Crippen molar-refractivity contribution in [3.05, 3.63) is 76.6 Å². The fraction of sp³-hybridized carbons (Fsp3) is 0.333. The first-order valence-corrected chi connectivity index (χ1v) is 10.9. The number of benzene rings is 2. The number of likely N-dealkylation sites (N-methyl/N-ethyl adjacent to an activating group) is 1. The number of ether oxygens (including phenoxy) is 1. The van der Waals surface area contributed by atoms with Crippen molar-refractivity contribution in [3.8, 4) is 6.07 Å². The average Bonchev–Trinajstić information content (AvgIpc) is 3.08. The van der Waals surface area contributed by atoms with Crippen molar-refractivity contribution in [3.63, 3.8) is 0 Å². The van der Waals surface area contributed by atoms with Gasteiger partial charge in [0.1, 0.15) is 11.6 Å². The summed E-state index contributed by atoms with van der Waals surface area (Å²) >= 11 is 0. The van der Waals surface area contributed by atoms with Gasteiger partial charge in [0.2, 0.25) is 0 Å². The minimum absolute atomic E-state index is 0.144. The Balaban J connectivity index is 1.77.